The predicted octanol–water partition coefficient (Wildman–Crippen LogP) is 4.22. The topological polar surface area (TPSA) is 61.4 Å². The third kappa shape index (κ3) is 5.40. The van der Waals surface area contributed by atoms with E-state index in [1.807, 2.05) is 30.3 Å². The van der Waals surface area contributed by atoms with Gasteiger partial charge in [-0.25, -0.2) is 0 Å². The molecule has 28 heavy (non-hydrogen) atoms. The van der Waals surface area contributed by atoms with Crippen LogP contribution in [0.2, 0.25) is 10.0 Å². The molecule has 5 nitrogen and oxygen atoms in total. The Morgan fingerprint density at radius 3 is 2.46 bits per heavy atom. The molecule has 1 aliphatic heterocycles. The fourth-order valence-electron chi connectivity index (χ4n) is 3.33. The monoisotopic (exact) mass is 419 g/mol. The van der Waals surface area contributed by atoms with Crippen molar-refractivity contribution < 1.29 is 9.59 Å². The van der Waals surface area contributed by atoms with Crippen LogP contribution < -0.4 is 10.6 Å². The summed E-state index contributed by atoms with van der Waals surface area (Å²) < 4.78 is 0. The summed E-state index contributed by atoms with van der Waals surface area (Å²) in [4.78, 5) is 27.0. The van der Waals surface area contributed by atoms with Gasteiger partial charge in [-0.05, 0) is 49.6 Å². The number of hydrogen-bond acceptors (Lipinski definition) is 3. The fraction of sp³-hybridized carbons (Fsp3) is 0.333. The largest absolute Gasteiger partial charge is 0.385 e. The maximum absolute atomic E-state index is 12.8. The van der Waals surface area contributed by atoms with Crippen molar-refractivity contribution in [1.82, 2.24) is 10.2 Å². The van der Waals surface area contributed by atoms with Gasteiger partial charge >= 0.3 is 0 Å². The van der Waals surface area contributed by atoms with E-state index in [4.69, 9.17) is 23.2 Å². The summed E-state index contributed by atoms with van der Waals surface area (Å²) >= 11 is 12.0. The van der Waals surface area contributed by atoms with Gasteiger partial charge in [0.2, 0.25) is 5.91 Å². The van der Waals surface area contributed by atoms with E-state index in [-0.39, 0.29) is 11.8 Å². The highest BCUT2D eigenvalue weighted by atomic mass is 35.5. The molecule has 2 N–H and O–H groups in total. The molecular formula is C21H23Cl2N3O2. The van der Waals surface area contributed by atoms with Gasteiger partial charge in [-0.3, -0.25) is 9.59 Å². The molecule has 1 fully saturated rings. The number of para-hydroxylation sites is 1. The van der Waals surface area contributed by atoms with Crippen molar-refractivity contribution in [3.05, 3.63) is 64.1 Å². The molecule has 148 valence electrons. The van der Waals surface area contributed by atoms with Crippen LogP contribution in [-0.4, -0.2) is 42.4 Å². The SMILES string of the molecule is O=C(NCCCNc1ccccc1)C1CCCN1C(=O)c1cc(Cl)cc(Cl)c1. The number of benzene rings is 2. The Hall–Kier alpha value is -2.24. The molecule has 0 aromatic heterocycles. The first kappa shape index (κ1) is 20.5. The number of likely N-dealkylation sites (tertiary alicyclic amines) is 1. The molecule has 2 aromatic rings. The molecule has 1 atom stereocenters. The number of carbonyl (C=O) groups excluding carboxylic acids is 2. The minimum atomic E-state index is -0.452. The van der Waals surface area contributed by atoms with E-state index in [1.54, 1.807) is 23.1 Å². The lowest BCUT2D eigenvalue weighted by atomic mass is 10.1. The Morgan fingerprint density at radius 2 is 1.75 bits per heavy atom. The molecule has 0 aliphatic carbocycles. The van der Waals surface area contributed by atoms with Gasteiger partial charge in [0.15, 0.2) is 0 Å². The number of carbonyl (C=O) groups is 2. The summed E-state index contributed by atoms with van der Waals surface area (Å²) in [7, 11) is 0. The van der Waals surface area contributed by atoms with Crippen molar-refractivity contribution in [2.75, 3.05) is 25.0 Å². The molecule has 1 unspecified atom stereocenters. The van der Waals surface area contributed by atoms with Crippen molar-refractivity contribution in [2.24, 2.45) is 0 Å². The molecule has 0 spiro atoms. The number of amides is 2. The Balaban J connectivity index is 1.49. The Kier molecular flexibility index (Phi) is 7.18. The van der Waals surface area contributed by atoms with E-state index >= 15 is 0 Å². The van der Waals surface area contributed by atoms with Gasteiger partial charge in [-0.15, -0.1) is 0 Å². The second-order valence-electron chi connectivity index (χ2n) is 6.75. The maximum atomic E-state index is 12.8. The van der Waals surface area contributed by atoms with Crippen LogP contribution in [0.25, 0.3) is 0 Å². The van der Waals surface area contributed by atoms with E-state index in [1.165, 1.54) is 0 Å². The van der Waals surface area contributed by atoms with Crippen molar-refractivity contribution in [1.29, 1.82) is 0 Å². The maximum Gasteiger partial charge on any atom is 0.254 e. The minimum absolute atomic E-state index is 0.112. The summed E-state index contributed by atoms with van der Waals surface area (Å²) in [5, 5.41) is 7.06. The lowest BCUT2D eigenvalue weighted by molar-refractivity contribution is -0.124. The van der Waals surface area contributed by atoms with Gasteiger partial charge in [0, 0.05) is 40.9 Å². The van der Waals surface area contributed by atoms with Crippen molar-refractivity contribution >= 4 is 40.7 Å². The number of anilines is 1. The van der Waals surface area contributed by atoms with E-state index in [9.17, 15) is 9.59 Å². The first-order valence-corrected chi connectivity index (χ1v) is 10.1. The predicted molar refractivity (Wildman–Crippen MR) is 113 cm³/mol. The quantitative estimate of drug-likeness (QED) is 0.660. The number of nitrogens with zero attached hydrogens (tertiary/aromatic N) is 1. The average molecular weight is 420 g/mol. The van der Waals surface area contributed by atoms with E-state index in [0.29, 0.717) is 35.1 Å². The lowest BCUT2D eigenvalue weighted by Crippen LogP contribution is -2.46. The minimum Gasteiger partial charge on any atom is -0.385 e. The normalized spacial score (nSPS) is 16.1. The second-order valence-corrected chi connectivity index (χ2v) is 7.62. The molecule has 2 amide bonds. The zero-order valence-corrected chi connectivity index (χ0v) is 17.0. The van der Waals surface area contributed by atoms with Crippen LogP contribution >= 0.6 is 23.2 Å². The van der Waals surface area contributed by atoms with Crippen LogP contribution in [0.15, 0.2) is 48.5 Å². The molecule has 0 saturated carbocycles. The standard InChI is InChI=1S/C21H23Cl2N3O2/c22-16-12-15(13-17(23)14-16)21(28)26-11-4-8-19(26)20(27)25-10-5-9-24-18-6-2-1-3-7-18/h1-3,6-7,12-14,19,24H,4-5,8-11H2,(H,25,27). The molecule has 1 saturated heterocycles. The van der Waals surface area contributed by atoms with Gasteiger partial charge in [0.05, 0.1) is 0 Å². The van der Waals surface area contributed by atoms with E-state index in [0.717, 1.165) is 25.1 Å². The van der Waals surface area contributed by atoms with Crippen LogP contribution in [0.5, 0.6) is 0 Å². The molecule has 3 rings (SSSR count). The summed E-state index contributed by atoms with van der Waals surface area (Å²) in [6, 6.07) is 14.2. The van der Waals surface area contributed by atoms with E-state index in [2.05, 4.69) is 10.6 Å². The van der Waals surface area contributed by atoms with Crippen molar-refractivity contribution in [3.63, 3.8) is 0 Å². The van der Waals surface area contributed by atoms with E-state index < -0.39 is 6.04 Å². The fourth-order valence-corrected chi connectivity index (χ4v) is 3.86. The van der Waals surface area contributed by atoms with Crippen LogP contribution in [0.4, 0.5) is 5.69 Å². The molecule has 0 bridgehead atoms. The molecule has 1 aliphatic rings. The highest BCUT2D eigenvalue weighted by Gasteiger charge is 2.34. The first-order chi connectivity index (χ1) is 13.5. The Bertz CT molecular complexity index is 809. The lowest BCUT2D eigenvalue weighted by Gasteiger charge is -2.24. The van der Waals surface area contributed by atoms with Crippen LogP contribution in [-0.2, 0) is 4.79 Å². The summed E-state index contributed by atoms with van der Waals surface area (Å²) in [6.07, 6.45) is 2.26. The molecule has 7 heteroatoms. The van der Waals surface area contributed by atoms with Gasteiger partial charge < -0.3 is 15.5 Å². The van der Waals surface area contributed by atoms with Crippen LogP contribution in [0.1, 0.15) is 29.6 Å². The van der Waals surface area contributed by atoms with Gasteiger partial charge in [-0.2, -0.15) is 0 Å². The summed E-state index contributed by atoms with van der Waals surface area (Å²) in [6.45, 7) is 1.87. The Labute approximate surface area is 175 Å². The van der Waals surface area contributed by atoms with Gasteiger partial charge in [0.1, 0.15) is 6.04 Å². The average Bonchev–Trinajstić information content (AvgIpc) is 3.17. The summed E-state index contributed by atoms with van der Waals surface area (Å²) in [5.41, 5.74) is 1.46. The highest BCUT2D eigenvalue weighted by Crippen LogP contribution is 2.24. The molecule has 1 heterocycles. The zero-order chi connectivity index (χ0) is 19.9. The number of rotatable bonds is 7. The van der Waals surface area contributed by atoms with Crippen LogP contribution in [0.3, 0.4) is 0 Å². The van der Waals surface area contributed by atoms with Gasteiger partial charge in [-0.1, -0.05) is 41.4 Å². The zero-order valence-electron chi connectivity index (χ0n) is 15.5. The molecule has 0 radical (unpaired) electrons. The number of nitrogens with one attached hydrogen (secondary N) is 2. The smallest absolute Gasteiger partial charge is 0.254 e. The van der Waals surface area contributed by atoms with Crippen LogP contribution in [0, 0.1) is 0 Å². The molecular weight excluding hydrogens is 397 g/mol. The third-order valence-electron chi connectivity index (χ3n) is 4.68. The summed E-state index contributed by atoms with van der Waals surface area (Å²) in [5.74, 6) is -0.327. The highest BCUT2D eigenvalue weighted by molar-refractivity contribution is 6.35. The number of halogens is 2. The van der Waals surface area contributed by atoms with Crippen molar-refractivity contribution in [3.8, 4) is 0 Å². The Morgan fingerprint density at radius 1 is 1.04 bits per heavy atom. The number of hydrogen-bond donors (Lipinski definition) is 2. The van der Waals surface area contributed by atoms with Crippen molar-refractivity contribution in [2.45, 2.75) is 25.3 Å². The second kappa shape index (κ2) is 9.80. The van der Waals surface area contributed by atoms with Gasteiger partial charge in [0.25, 0.3) is 5.91 Å². The molecule has 2 aromatic carbocycles. The third-order valence-corrected chi connectivity index (χ3v) is 5.12. The first-order valence-electron chi connectivity index (χ1n) is 9.38.